The summed E-state index contributed by atoms with van der Waals surface area (Å²) in [6, 6.07) is 64.2. The number of hydrogen-bond acceptors (Lipinski definition) is 3. The number of hydrogen-bond donors (Lipinski definition) is 0. The van der Waals surface area contributed by atoms with Gasteiger partial charge in [-0.3, -0.25) is 0 Å². The minimum Gasteiger partial charge on any atom is -0.456 e. The maximum Gasteiger partial charge on any atom is 0.143 e. The Morgan fingerprint density at radius 3 is 1.45 bits per heavy atom. The van der Waals surface area contributed by atoms with Gasteiger partial charge in [0, 0.05) is 38.1 Å². The largest absolute Gasteiger partial charge is 0.456 e. The predicted octanol–water partition coefficient (Wildman–Crippen LogP) is 15.2. The fraction of sp³-hybridized carbons (Fsp3) is 0. The highest BCUT2D eigenvalue weighted by molar-refractivity contribution is 6.26. The molecule has 3 nitrogen and oxygen atoms in total. The summed E-state index contributed by atoms with van der Waals surface area (Å²) < 4.78 is 19.5. The molecule has 3 heterocycles. The molecule has 0 aliphatic carbocycles. The molecule has 0 bridgehead atoms. The van der Waals surface area contributed by atoms with Crippen LogP contribution in [0.5, 0.6) is 0 Å². The third kappa shape index (κ3) is 4.44. The van der Waals surface area contributed by atoms with E-state index in [9.17, 15) is 0 Å². The van der Waals surface area contributed by atoms with Crippen LogP contribution in [0.25, 0.3) is 121 Å². The summed E-state index contributed by atoms with van der Waals surface area (Å²) in [7, 11) is 0. The van der Waals surface area contributed by atoms with Gasteiger partial charge in [0.1, 0.15) is 33.7 Å². The molecule has 9 aromatic carbocycles. The molecule has 0 radical (unpaired) electrons. The summed E-state index contributed by atoms with van der Waals surface area (Å²) >= 11 is 0. The van der Waals surface area contributed by atoms with E-state index >= 15 is 0 Å². The summed E-state index contributed by atoms with van der Waals surface area (Å²) in [4.78, 5) is 0. The minimum atomic E-state index is 0.853. The van der Waals surface area contributed by atoms with Gasteiger partial charge >= 0.3 is 0 Å². The predicted molar refractivity (Wildman–Crippen MR) is 228 cm³/mol. The molecule has 55 heavy (non-hydrogen) atoms. The summed E-state index contributed by atoms with van der Waals surface area (Å²) in [5.74, 6) is 0.879. The zero-order valence-corrected chi connectivity index (χ0v) is 29.5. The van der Waals surface area contributed by atoms with Crippen molar-refractivity contribution in [2.45, 2.75) is 0 Å². The first-order valence-corrected chi connectivity index (χ1v) is 18.7. The van der Waals surface area contributed by atoms with Gasteiger partial charge in [0.2, 0.25) is 0 Å². The van der Waals surface area contributed by atoms with Crippen molar-refractivity contribution in [3.63, 3.8) is 0 Å². The van der Waals surface area contributed by atoms with E-state index in [0.29, 0.717) is 0 Å². The summed E-state index contributed by atoms with van der Waals surface area (Å²) in [5.41, 5.74) is 12.3. The maximum atomic E-state index is 6.61. The molecule has 3 aromatic heterocycles. The Morgan fingerprint density at radius 1 is 0.255 bits per heavy atom. The van der Waals surface area contributed by atoms with Crippen LogP contribution in [0, 0.1) is 0 Å². The Morgan fingerprint density at radius 2 is 0.745 bits per heavy atom. The van der Waals surface area contributed by atoms with Gasteiger partial charge in [-0.05, 0) is 79.7 Å². The van der Waals surface area contributed by atoms with Crippen LogP contribution in [0.3, 0.4) is 0 Å². The summed E-state index contributed by atoms with van der Waals surface area (Å²) in [6.07, 6.45) is 0. The van der Waals surface area contributed by atoms with E-state index in [1.807, 2.05) is 24.3 Å². The highest BCUT2D eigenvalue weighted by atomic mass is 16.3. The Kier molecular flexibility index (Phi) is 6.34. The highest BCUT2D eigenvalue weighted by Crippen LogP contribution is 2.48. The van der Waals surface area contributed by atoms with E-state index in [0.717, 1.165) is 88.4 Å². The van der Waals surface area contributed by atoms with Gasteiger partial charge in [0.05, 0.1) is 0 Å². The van der Waals surface area contributed by atoms with Crippen molar-refractivity contribution in [3.05, 3.63) is 182 Å². The van der Waals surface area contributed by atoms with E-state index in [4.69, 9.17) is 13.3 Å². The van der Waals surface area contributed by atoms with Crippen LogP contribution in [0.15, 0.2) is 195 Å². The standard InChI is InChI=1S/C52H30O3/c1-2-13-31(14-3-1)49-39-20-9-11-23-44(39)55-52(49)33-27-25-32(26-28-33)48-35-16-4-6-18-37(35)50(38-19-7-5-17-36(38)48)40-21-12-24-45-51(40)42-30-46-41(29-47(42)54-45)34-15-8-10-22-43(34)53-46/h1-30H. The monoisotopic (exact) mass is 702 g/mol. The Labute approximate surface area is 315 Å². The molecule has 0 amide bonds. The molecule has 0 aliphatic heterocycles. The molecule has 0 N–H and O–H groups in total. The molecule has 12 aromatic rings. The number of benzene rings is 9. The third-order valence-corrected chi connectivity index (χ3v) is 11.3. The molecule has 0 unspecified atom stereocenters. The van der Waals surface area contributed by atoms with Gasteiger partial charge in [-0.2, -0.15) is 0 Å². The van der Waals surface area contributed by atoms with Crippen LogP contribution in [0.2, 0.25) is 0 Å². The van der Waals surface area contributed by atoms with Gasteiger partial charge in [0.25, 0.3) is 0 Å². The molecule has 0 fully saturated rings. The first-order valence-electron chi connectivity index (χ1n) is 18.7. The van der Waals surface area contributed by atoms with Crippen LogP contribution in [0.4, 0.5) is 0 Å². The lowest BCUT2D eigenvalue weighted by Crippen LogP contribution is -1.91. The molecular formula is C52H30O3. The molecule has 0 saturated carbocycles. The van der Waals surface area contributed by atoms with E-state index in [1.165, 1.54) is 32.7 Å². The van der Waals surface area contributed by atoms with Crippen molar-refractivity contribution in [3.8, 4) is 44.7 Å². The molecule has 3 heteroatoms. The van der Waals surface area contributed by atoms with Crippen molar-refractivity contribution < 1.29 is 13.3 Å². The van der Waals surface area contributed by atoms with Crippen molar-refractivity contribution in [2.75, 3.05) is 0 Å². The van der Waals surface area contributed by atoms with Crippen molar-refractivity contribution in [2.24, 2.45) is 0 Å². The summed E-state index contributed by atoms with van der Waals surface area (Å²) in [6.45, 7) is 0. The molecule has 0 spiro atoms. The smallest absolute Gasteiger partial charge is 0.143 e. The Bertz CT molecular complexity index is 3410. The first-order chi connectivity index (χ1) is 27.3. The molecule has 256 valence electrons. The van der Waals surface area contributed by atoms with E-state index in [2.05, 4.69) is 158 Å². The minimum absolute atomic E-state index is 0.853. The Hall–Kier alpha value is -7.36. The average molecular weight is 703 g/mol. The number of furan rings is 3. The van der Waals surface area contributed by atoms with Crippen LogP contribution < -0.4 is 0 Å². The highest BCUT2D eigenvalue weighted by Gasteiger charge is 2.22. The van der Waals surface area contributed by atoms with E-state index in [-0.39, 0.29) is 0 Å². The molecule has 0 saturated heterocycles. The fourth-order valence-electron chi connectivity index (χ4n) is 8.91. The van der Waals surface area contributed by atoms with Gasteiger partial charge in [-0.1, -0.05) is 152 Å². The lowest BCUT2D eigenvalue weighted by Gasteiger charge is -2.18. The first kappa shape index (κ1) is 30.1. The molecule has 0 atom stereocenters. The second kappa shape index (κ2) is 11.6. The maximum absolute atomic E-state index is 6.61. The van der Waals surface area contributed by atoms with Gasteiger partial charge in [0.15, 0.2) is 0 Å². The lowest BCUT2D eigenvalue weighted by molar-refractivity contribution is 0.632. The SMILES string of the molecule is c1ccc(-c2c(-c3ccc(-c4c5ccccc5c(-c5cccc6oc7cc8c(cc7c56)oc5ccccc58)c5ccccc45)cc3)oc3ccccc23)cc1. The second-order valence-corrected chi connectivity index (χ2v) is 14.3. The van der Waals surface area contributed by atoms with Crippen LogP contribution in [0.1, 0.15) is 0 Å². The zero-order valence-electron chi connectivity index (χ0n) is 29.5. The number of rotatable bonds is 4. The Balaban J connectivity index is 1.07. The van der Waals surface area contributed by atoms with Crippen LogP contribution in [-0.2, 0) is 0 Å². The van der Waals surface area contributed by atoms with E-state index in [1.54, 1.807) is 0 Å². The van der Waals surface area contributed by atoms with Crippen LogP contribution >= 0.6 is 0 Å². The molecule has 12 rings (SSSR count). The molecule has 0 aliphatic rings. The topological polar surface area (TPSA) is 39.4 Å². The molecular weight excluding hydrogens is 673 g/mol. The zero-order chi connectivity index (χ0) is 36.0. The lowest BCUT2D eigenvalue weighted by atomic mass is 9.84. The summed E-state index contributed by atoms with van der Waals surface area (Å²) in [5, 5.41) is 10.2. The van der Waals surface area contributed by atoms with Gasteiger partial charge < -0.3 is 13.3 Å². The third-order valence-electron chi connectivity index (χ3n) is 11.3. The normalized spacial score (nSPS) is 12.0. The van der Waals surface area contributed by atoms with Crippen LogP contribution in [-0.4, -0.2) is 0 Å². The quantitative estimate of drug-likeness (QED) is 0.171. The van der Waals surface area contributed by atoms with E-state index < -0.39 is 0 Å². The fourth-order valence-corrected chi connectivity index (χ4v) is 8.91. The van der Waals surface area contributed by atoms with Crippen molar-refractivity contribution in [1.29, 1.82) is 0 Å². The number of fused-ring (bicyclic) bond motifs is 9. The second-order valence-electron chi connectivity index (χ2n) is 14.3. The van der Waals surface area contributed by atoms with Gasteiger partial charge in [-0.15, -0.1) is 0 Å². The van der Waals surface area contributed by atoms with Crippen molar-refractivity contribution in [1.82, 2.24) is 0 Å². The average Bonchev–Trinajstić information content (AvgIpc) is 3.93. The number of para-hydroxylation sites is 2. The van der Waals surface area contributed by atoms with Crippen molar-refractivity contribution >= 4 is 76.4 Å². The van der Waals surface area contributed by atoms with Gasteiger partial charge in [-0.25, -0.2) is 0 Å².